The van der Waals surface area contributed by atoms with Crippen molar-refractivity contribution in [1.82, 2.24) is 19.3 Å². The van der Waals surface area contributed by atoms with Gasteiger partial charge in [0.15, 0.2) is 0 Å². The molecule has 142 valence electrons. The minimum atomic E-state index is -0.793. The molecule has 9 heteroatoms. The lowest BCUT2D eigenvalue weighted by Gasteiger charge is -2.11. The van der Waals surface area contributed by atoms with Crippen LogP contribution in [-0.2, 0) is 20.2 Å². The number of aromatic nitrogens is 4. The Morgan fingerprint density at radius 1 is 1.07 bits per heavy atom. The summed E-state index contributed by atoms with van der Waals surface area (Å²) in [6.45, 7) is 0.251. The lowest BCUT2D eigenvalue weighted by Crippen LogP contribution is -2.23. The molecule has 0 aliphatic carbocycles. The molecule has 0 aliphatic rings. The summed E-state index contributed by atoms with van der Waals surface area (Å²) < 4.78 is 12.9. The van der Waals surface area contributed by atoms with E-state index in [0.717, 1.165) is 10.3 Å². The van der Waals surface area contributed by atoms with Crippen molar-refractivity contribution in [3.8, 4) is 5.75 Å². The quantitative estimate of drug-likeness (QED) is 0.553. The Hall–Kier alpha value is -3.88. The number of rotatable bonds is 5. The van der Waals surface area contributed by atoms with E-state index in [1.54, 1.807) is 49.5 Å². The summed E-state index contributed by atoms with van der Waals surface area (Å²) >= 11 is 0. The van der Waals surface area contributed by atoms with Crippen LogP contribution in [0.25, 0.3) is 10.9 Å². The highest BCUT2D eigenvalue weighted by molar-refractivity contribution is 5.77. The molecule has 0 unspecified atom stereocenters. The fraction of sp³-hybridized carbons (Fsp3) is 0.158. The van der Waals surface area contributed by atoms with Crippen LogP contribution in [0, 0.1) is 0 Å². The zero-order valence-electron chi connectivity index (χ0n) is 14.9. The topological polar surface area (TPSA) is 112 Å². The summed E-state index contributed by atoms with van der Waals surface area (Å²) in [5, 5.41) is 0.560. The zero-order chi connectivity index (χ0) is 19.7. The molecule has 0 fully saturated rings. The van der Waals surface area contributed by atoms with Gasteiger partial charge in [-0.2, -0.15) is 0 Å². The molecule has 0 atom stereocenters. The number of fused-ring (bicyclic) bond motifs is 1. The van der Waals surface area contributed by atoms with Crippen LogP contribution in [0.1, 0.15) is 11.4 Å². The van der Waals surface area contributed by atoms with Gasteiger partial charge in [0.05, 0.1) is 17.4 Å². The number of aromatic amines is 1. The molecule has 0 saturated carbocycles. The number of nitrogens with zero attached hydrogens (tertiary/aromatic N) is 3. The lowest BCUT2D eigenvalue weighted by molar-refractivity contribution is 0.258. The summed E-state index contributed by atoms with van der Waals surface area (Å²) in [7, 11) is 1.66. The predicted molar refractivity (Wildman–Crippen MR) is 100 cm³/mol. The number of para-hydroxylation sites is 1. The van der Waals surface area contributed by atoms with Crippen molar-refractivity contribution in [3.05, 3.63) is 91.3 Å². The average Bonchev–Trinajstić information content (AvgIpc) is 3.01. The van der Waals surface area contributed by atoms with E-state index in [9.17, 15) is 14.4 Å². The Bertz CT molecular complexity index is 1310. The van der Waals surface area contributed by atoms with Gasteiger partial charge in [-0.05, 0) is 29.8 Å². The summed E-state index contributed by atoms with van der Waals surface area (Å²) in [6, 6.07) is 14.1. The molecule has 9 nitrogen and oxygen atoms in total. The lowest BCUT2D eigenvalue weighted by atomic mass is 10.2. The van der Waals surface area contributed by atoms with Gasteiger partial charge >= 0.3 is 11.4 Å². The van der Waals surface area contributed by atoms with Crippen LogP contribution in [0.5, 0.6) is 5.75 Å². The third kappa shape index (κ3) is 3.37. The maximum Gasteiger partial charge on any atom is 0.440 e. The number of hydrogen-bond acceptors (Lipinski definition) is 6. The smallest absolute Gasteiger partial charge is 0.440 e. The standard InChI is InChI=1S/C19H16N4O5/c1-22-16(20-15-5-3-2-4-14(15)17(22)24)11-27-13-8-6-12(7-9-13)10-23-18(25)21-19(26)28-23/h2-9H,10-11H2,1H3,(H,21,25,26). The van der Waals surface area contributed by atoms with Crippen LogP contribution >= 0.6 is 0 Å². The number of H-pyrrole nitrogens is 1. The van der Waals surface area contributed by atoms with Crippen LogP contribution in [-0.4, -0.2) is 19.3 Å². The minimum absolute atomic E-state index is 0.124. The van der Waals surface area contributed by atoms with Gasteiger partial charge in [-0.15, -0.1) is 4.74 Å². The Kier molecular flexibility index (Phi) is 4.40. The maximum atomic E-state index is 12.4. The van der Waals surface area contributed by atoms with Crippen molar-refractivity contribution in [2.45, 2.75) is 13.2 Å². The zero-order valence-corrected chi connectivity index (χ0v) is 14.9. The van der Waals surface area contributed by atoms with E-state index in [2.05, 4.69) is 4.98 Å². The Balaban J connectivity index is 1.50. The van der Waals surface area contributed by atoms with Gasteiger partial charge < -0.3 is 9.26 Å². The SMILES string of the molecule is Cn1c(COc2ccc(Cn3oc(=O)[nH]c3=O)cc2)nc2ccccc2c1=O. The van der Waals surface area contributed by atoms with Crippen LogP contribution in [0.4, 0.5) is 0 Å². The fourth-order valence-electron chi connectivity index (χ4n) is 2.82. The molecule has 0 radical (unpaired) electrons. The second-order valence-corrected chi connectivity index (χ2v) is 6.19. The molecule has 1 N–H and O–H groups in total. The molecule has 4 aromatic rings. The molecular formula is C19H16N4O5. The third-order valence-corrected chi connectivity index (χ3v) is 4.32. The van der Waals surface area contributed by atoms with Crippen LogP contribution in [0.15, 0.2) is 67.4 Å². The van der Waals surface area contributed by atoms with Gasteiger partial charge in [0.25, 0.3) is 5.56 Å². The predicted octanol–water partition coefficient (Wildman–Crippen LogP) is 1.00. The molecule has 28 heavy (non-hydrogen) atoms. The molecule has 0 saturated heterocycles. The van der Waals surface area contributed by atoms with Crippen molar-refractivity contribution in [3.63, 3.8) is 0 Å². The van der Waals surface area contributed by atoms with Crippen LogP contribution < -0.4 is 21.7 Å². The van der Waals surface area contributed by atoms with Gasteiger partial charge in [0.1, 0.15) is 18.2 Å². The summed E-state index contributed by atoms with van der Waals surface area (Å²) in [5.74, 6) is 0.293. The highest BCUT2D eigenvalue weighted by atomic mass is 16.5. The van der Waals surface area contributed by atoms with E-state index in [1.807, 2.05) is 11.1 Å². The Morgan fingerprint density at radius 2 is 1.82 bits per heavy atom. The van der Waals surface area contributed by atoms with E-state index < -0.39 is 11.4 Å². The molecule has 0 aliphatic heterocycles. The van der Waals surface area contributed by atoms with E-state index in [1.165, 1.54) is 4.57 Å². The molecule has 2 heterocycles. The maximum absolute atomic E-state index is 12.4. The van der Waals surface area contributed by atoms with E-state index >= 15 is 0 Å². The average molecular weight is 380 g/mol. The minimum Gasteiger partial charge on any atom is -0.486 e. The highest BCUT2D eigenvalue weighted by Gasteiger charge is 2.09. The molecule has 2 aromatic heterocycles. The molecule has 0 bridgehead atoms. The number of ether oxygens (including phenoxy) is 1. The normalized spacial score (nSPS) is 11.0. The second-order valence-electron chi connectivity index (χ2n) is 6.19. The van der Waals surface area contributed by atoms with E-state index in [0.29, 0.717) is 22.5 Å². The van der Waals surface area contributed by atoms with E-state index in [4.69, 9.17) is 9.26 Å². The number of benzene rings is 2. The summed E-state index contributed by atoms with van der Waals surface area (Å²) in [4.78, 5) is 41.4. The Labute approximate surface area is 157 Å². The molecule has 0 amide bonds. The van der Waals surface area contributed by atoms with Crippen molar-refractivity contribution >= 4 is 10.9 Å². The van der Waals surface area contributed by atoms with Gasteiger partial charge in [-0.1, -0.05) is 24.3 Å². The highest BCUT2D eigenvalue weighted by Crippen LogP contribution is 2.15. The Morgan fingerprint density at radius 3 is 2.54 bits per heavy atom. The summed E-state index contributed by atoms with van der Waals surface area (Å²) in [6.07, 6.45) is 0. The van der Waals surface area contributed by atoms with Crippen molar-refractivity contribution in [2.24, 2.45) is 7.05 Å². The largest absolute Gasteiger partial charge is 0.486 e. The van der Waals surface area contributed by atoms with Crippen LogP contribution in [0.3, 0.4) is 0 Å². The molecular weight excluding hydrogens is 364 g/mol. The first-order valence-corrected chi connectivity index (χ1v) is 8.48. The molecule has 2 aromatic carbocycles. The first kappa shape index (κ1) is 17.5. The molecule has 4 rings (SSSR count). The van der Waals surface area contributed by atoms with Crippen LogP contribution in [0.2, 0.25) is 0 Å². The first-order chi connectivity index (χ1) is 13.5. The third-order valence-electron chi connectivity index (χ3n) is 4.32. The van der Waals surface area contributed by atoms with Gasteiger partial charge in [0.2, 0.25) is 0 Å². The monoisotopic (exact) mass is 380 g/mol. The number of hydrogen-bond donors (Lipinski definition) is 1. The number of nitrogens with one attached hydrogen (secondary N) is 1. The van der Waals surface area contributed by atoms with E-state index in [-0.39, 0.29) is 18.7 Å². The van der Waals surface area contributed by atoms with Crippen molar-refractivity contribution < 1.29 is 9.26 Å². The molecule has 0 spiro atoms. The fourth-order valence-corrected chi connectivity index (χ4v) is 2.82. The van der Waals surface area contributed by atoms with Crippen molar-refractivity contribution in [2.75, 3.05) is 0 Å². The second kappa shape index (κ2) is 7.03. The van der Waals surface area contributed by atoms with Gasteiger partial charge in [-0.25, -0.2) is 19.6 Å². The van der Waals surface area contributed by atoms with Gasteiger partial charge in [-0.3, -0.25) is 9.36 Å². The summed E-state index contributed by atoms with van der Waals surface area (Å²) in [5.41, 5.74) is 0.651. The first-order valence-electron chi connectivity index (χ1n) is 8.48. The van der Waals surface area contributed by atoms with Gasteiger partial charge in [0, 0.05) is 7.05 Å². The van der Waals surface area contributed by atoms with Crippen molar-refractivity contribution in [1.29, 1.82) is 0 Å².